The molecule has 4 heterocycles. The maximum atomic E-state index is 13.0. The van der Waals surface area contributed by atoms with Crippen molar-refractivity contribution < 1.29 is 13.6 Å². The Hall–Kier alpha value is -2.65. The summed E-state index contributed by atoms with van der Waals surface area (Å²) in [5.41, 5.74) is 0.786. The van der Waals surface area contributed by atoms with Crippen LogP contribution in [0.3, 0.4) is 0 Å². The molecular formula is C18H14Cl2F2N6O. The molecule has 0 fully saturated rings. The van der Waals surface area contributed by atoms with E-state index in [4.69, 9.17) is 23.2 Å². The highest BCUT2D eigenvalue weighted by atomic mass is 35.5. The predicted molar refractivity (Wildman–Crippen MR) is 102 cm³/mol. The molecule has 1 aliphatic heterocycles. The molecular weight excluding hydrogens is 425 g/mol. The van der Waals surface area contributed by atoms with Gasteiger partial charge in [0, 0.05) is 18.8 Å². The maximum Gasteiger partial charge on any atom is 0.290 e. The Balaban J connectivity index is 1.64. The summed E-state index contributed by atoms with van der Waals surface area (Å²) in [6.07, 6.45) is 0.375. The molecule has 11 heteroatoms. The minimum absolute atomic E-state index is 0.0154. The second-order valence-electron chi connectivity index (χ2n) is 6.57. The van der Waals surface area contributed by atoms with E-state index < -0.39 is 6.43 Å². The van der Waals surface area contributed by atoms with Crippen LogP contribution in [-0.2, 0) is 13.1 Å². The number of amides is 1. The molecule has 0 aromatic carbocycles. The lowest BCUT2D eigenvalue weighted by molar-refractivity contribution is 0.0583. The van der Waals surface area contributed by atoms with Crippen LogP contribution in [0.4, 0.5) is 8.78 Å². The van der Waals surface area contributed by atoms with Crippen LogP contribution in [0.1, 0.15) is 35.4 Å². The SMILES string of the molecule is CC1Cn2cc(-c3nc(Cl)ncc3Cl)nc2C(=O)N1Cc1cccc(C(F)F)n1. The van der Waals surface area contributed by atoms with Gasteiger partial charge >= 0.3 is 0 Å². The molecule has 0 saturated carbocycles. The van der Waals surface area contributed by atoms with Gasteiger partial charge in [0.05, 0.1) is 23.5 Å². The summed E-state index contributed by atoms with van der Waals surface area (Å²) in [6.45, 7) is 2.44. The Morgan fingerprint density at radius 3 is 2.79 bits per heavy atom. The molecule has 0 saturated heterocycles. The molecule has 3 aromatic rings. The third-order valence-electron chi connectivity index (χ3n) is 4.56. The monoisotopic (exact) mass is 438 g/mol. The number of nitrogens with zero attached hydrogens (tertiary/aromatic N) is 6. The van der Waals surface area contributed by atoms with Crippen molar-refractivity contribution in [3.63, 3.8) is 0 Å². The summed E-state index contributed by atoms with van der Waals surface area (Å²) < 4.78 is 27.5. The fraction of sp³-hybridized carbons (Fsp3) is 0.278. The molecule has 0 aliphatic carbocycles. The Kier molecular flexibility index (Phi) is 5.18. The number of hydrogen-bond acceptors (Lipinski definition) is 5. The molecule has 150 valence electrons. The minimum Gasteiger partial charge on any atom is -0.326 e. The molecule has 1 atom stereocenters. The first-order chi connectivity index (χ1) is 13.8. The fourth-order valence-corrected chi connectivity index (χ4v) is 3.51. The van der Waals surface area contributed by atoms with E-state index in [9.17, 15) is 13.6 Å². The van der Waals surface area contributed by atoms with E-state index in [1.54, 1.807) is 21.7 Å². The molecule has 29 heavy (non-hydrogen) atoms. The zero-order valence-corrected chi connectivity index (χ0v) is 16.6. The summed E-state index contributed by atoms with van der Waals surface area (Å²) in [5, 5.41) is 0.275. The molecule has 1 unspecified atom stereocenters. The van der Waals surface area contributed by atoms with Crippen LogP contribution >= 0.6 is 23.2 Å². The lowest BCUT2D eigenvalue weighted by atomic mass is 10.2. The second-order valence-corrected chi connectivity index (χ2v) is 7.32. The van der Waals surface area contributed by atoms with Crippen LogP contribution in [0.15, 0.2) is 30.6 Å². The highest BCUT2D eigenvalue weighted by Gasteiger charge is 2.33. The molecule has 7 nitrogen and oxygen atoms in total. The number of pyridine rings is 1. The van der Waals surface area contributed by atoms with Gasteiger partial charge in [-0.05, 0) is 30.7 Å². The lowest BCUT2D eigenvalue weighted by Gasteiger charge is -2.33. The number of hydrogen-bond donors (Lipinski definition) is 0. The highest BCUT2D eigenvalue weighted by Crippen LogP contribution is 2.28. The smallest absolute Gasteiger partial charge is 0.290 e. The van der Waals surface area contributed by atoms with Gasteiger partial charge in [-0.2, -0.15) is 0 Å². The molecule has 3 aromatic heterocycles. The molecule has 1 amide bonds. The van der Waals surface area contributed by atoms with Crippen molar-refractivity contribution in [2.75, 3.05) is 0 Å². The van der Waals surface area contributed by atoms with Gasteiger partial charge in [0.25, 0.3) is 12.3 Å². The topological polar surface area (TPSA) is 76.8 Å². The maximum absolute atomic E-state index is 13.0. The summed E-state index contributed by atoms with van der Waals surface area (Å²) in [7, 11) is 0. The third kappa shape index (κ3) is 3.79. The van der Waals surface area contributed by atoms with Crippen molar-refractivity contribution in [3.8, 4) is 11.4 Å². The summed E-state index contributed by atoms with van der Waals surface area (Å²) in [4.78, 5) is 30.8. The highest BCUT2D eigenvalue weighted by molar-refractivity contribution is 6.33. The van der Waals surface area contributed by atoms with Crippen LogP contribution in [0.2, 0.25) is 10.3 Å². The van der Waals surface area contributed by atoms with E-state index in [0.29, 0.717) is 23.6 Å². The van der Waals surface area contributed by atoms with E-state index in [1.807, 2.05) is 6.92 Å². The molecule has 0 radical (unpaired) electrons. The first-order valence-electron chi connectivity index (χ1n) is 8.64. The van der Waals surface area contributed by atoms with E-state index in [2.05, 4.69) is 19.9 Å². The molecule has 1 aliphatic rings. The van der Waals surface area contributed by atoms with Crippen molar-refractivity contribution in [3.05, 3.63) is 58.1 Å². The number of halogens is 4. The summed E-state index contributed by atoms with van der Waals surface area (Å²) in [6, 6.07) is 4.17. The second kappa shape index (κ2) is 7.64. The van der Waals surface area contributed by atoms with Gasteiger partial charge in [-0.15, -0.1) is 0 Å². The van der Waals surface area contributed by atoms with Gasteiger partial charge in [-0.3, -0.25) is 4.79 Å². The number of fused-ring (bicyclic) bond motifs is 1. The van der Waals surface area contributed by atoms with E-state index in [1.165, 1.54) is 18.3 Å². The average molecular weight is 439 g/mol. The van der Waals surface area contributed by atoms with Crippen molar-refractivity contribution >= 4 is 29.1 Å². The standard InChI is InChI=1S/C18H14Cl2F2N6O/c1-9-6-27-8-13(14-11(19)5-23-18(20)26-14)25-16(27)17(29)28(9)7-10-3-2-4-12(24-10)15(21)22/h2-5,8-9,15H,6-7H2,1H3. The van der Waals surface area contributed by atoms with Crippen LogP contribution in [0.5, 0.6) is 0 Å². The number of imidazole rings is 1. The normalized spacial score (nSPS) is 16.4. The van der Waals surface area contributed by atoms with E-state index >= 15 is 0 Å². The van der Waals surface area contributed by atoms with Gasteiger partial charge in [0.2, 0.25) is 5.28 Å². The number of rotatable bonds is 4. The fourth-order valence-electron chi connectivity index (χ4n) is 3.19. The molecule has 0 bridgehead atoms. The Bertz CT molecular complexity index is 1090. The first-order valence-corrected chi connectivity index (χ1v) is 9.39. The number of aromatic nitrogens is 5. The van der Waals surface area contributed by atoms with Gasteiger partial charge in [-0.1, -0.05) is 17.7 Å². The van der Waals surface area contributed by atoms with Gasteiger partial charge in [0.1, 0.15) is 17.1 Å². The van der Waals surface area contributed by atoms with Crippen LogP contribution in [0, 0.1) is 0 Å². The molecule has 0 N–H and O–H groups in total. The van der Waals surface area contributed by atoms with Crippen LogP contribution < -0.4 is 0 Å². The van der Waals surface area contributed by atoms with Crippen LogP contribution in [0.25, 0.3) is 11.4 Å². The Morgan fingerprint density at radius 1 is 1.24 bits per heavy atom. The van der Waals surface area contributed by atoms with Gasteiger partial charge in [0.15, 0.2) is 5.82 Å². The van der Waals surface area contributed by atoms with Crippen molar-refractivity contribution in [2.24, 2.45) is 0 Å². The van der Waals surface area contributed by atoms with Gasteiger partial charge < -0.3 is 9.47 Å². The zero-order valence-electron chi connectivity index (χ0n) is 15.1. The molecule has 0 spiro atoms. The average Bonchev–Trinajstić information content (AvgIpc) is 3.11. The van der Waals surface area contributed by atoms with Gasteiger partial charge in [-0.25, -0.2) is 28.7 Å². The quantitative estimate of drug-likeness (QED) is 0.574. The first kappa shape index (κ1) is 19.7. The minimum atomic E-state index is -2.67. The lowest BCUT2D eigenvalue weighted by Crippen LogP contribution is -2.46. The number of carbonyl (C=O) groups excluding carboxylic acids is 1. The summed E-state index contributed by atoms with van der Waals surface area (Å²) >= 11 is 12.0. The van der Waals surface area contributed by atoms with E-state index in [0.717, 1.165) is 0 Å². The van der Waals surface area contributed by atoms with Crippen molar-refractivity contribution in [1.29, 1.82) is 0 Å². The van der Waals surface area contributed by atoms with Crippen molar-refractivity contribution in [1.82, 2.24) is 29.4 Å². The van der Waals surface area contributed by atoms with Crippen LogP contribution in [-0.4, -0.2) is 41.4 Å². The van der Waals surface area contributed by atoms with E-state index in [-0.39, 0.29) is 40.3 Å². The number of alkyl halides is 2. The third-order valence-corrected chi connectivity index (χ3v) is 5.02. The summed E-state index contributed by atoms with van der Waals surface area (Å²) in [5.74, 6) is -0.135. The van der Waals surface area contributed by atoms with Crippen molar-refractivity contribution in [2.45, 2.75) is 32.5 Å². The largest absolute Gasteiger partial charge is 0.326 e. The Labute approximate surface area is 174 Å². The zero-order chi connectivity index (χ0) is 20.7. The predicted octanol–water partition coefficient (Wildman–Crippen LogP) is 4.02. The number of carbonyl (C=O) groups is 1. The Morgan fingerprint density at radius 2 is 2.03 bits per heavy atom. The molecule has 4 rings (SSSR count).